The van der Waals surface area contributed by atoms with Gasteiger partial charge < -0.3 is 5.32 Å². The van der Waals surface area contributed by atoms with Crippen molar-refractivity contribution >= 4 is 21.6 Å². The molecule has 7 heteroatoms. The fourth-order valence-electron chi connectivity index (χ4n) is 2.28. The maximum atomic E-state index is 13.6. The van der Waals surface area contributed by atoms with Crippen molar-refractivity contribution in [2.75, 3.05) is 11.0 Å². The van der Waals surface area contributed by atoms with E-state index >= 15 is 0 Å². The number of hydrogen-bond acceptors (Lipinski definition) is 3. The topological polar surface area (TPSA) is 75.3 Å². The zero-order chi connectivity index (χ0) is 17.7. The molecule has 0 unspecified atom stereocenters. The fourth-order valence-corrected chi connectivity index (χ4v) is 2.83. The monoisotopic (exact) mass is 350 g/mol. The van der Waals surface area contributed by atoms with Crippen LogP contribution in [0.25, 0.3) is 0 Å². The molecule has 0 aromatic heterocycles. The number of rotatable bonds is 6. The molecule has 0 aliphatic heterocycles. The van der Waals surface area contributed by atoms with Crippen LogP contribution in [0.5, 0.6) is 0 Å². The molecule has 2 aromatic rings. The first-order chi connectivity index (χ1) is 11.2. The van der Waals surface area contributed by atoms with Crippen LogP contribution in [-0.4, -0.2) is 20.6 Å². The molecule has 0 aliphatic carbocycles. The number of carbonyl (C=O) groups excluding carboxylic acids is 1. The lowest BCUT2D eigenvalue weighted by Crippen LogP contribution is -2.28. The van der Waals surface area contributed by atoms with Crippen molar-refractivity contribution < 1.29 is 17.6 Å². The second kappa shape index (κ2) is 7.44. The highest BCUT2D eigenvalue weighted by Gasteiger charge is 2.13. The average Bonchev–Trinajstić information content (AvgIpc) is 2.48. The Labute approximate surface area is 141 Å². The van der Waals surface area contributed by atoms with E-state index in [1.54, 1.807) is 49.4 Å². The quantitative estimate of drug-likeness (QED) is 0.841. The van der Waals surface area contributed by atoms with E-state index in [2.05, 4.69) is 10.0 Å². The number of amides is 1. The Kier molecular flexibility index (Phi) is 5.56. The van der Waals surface area contributed by atoms with Crippen molar-refractivity contribution in [2.45, 2.75) is 19.4 Å². The van der Waals surface area contributed by atoms with Crippen LogP contribution in [0.4, 0.5) is 10.1 Å². The van der Waals surface area contributed by atoms with E-state index in [0.717, 1.165) is 11.8 Å². The second-order valence-corrected chi connectivity index (χ2v) is 7.31. The van der Waals surface area contributed by atoms with Crippen LogP contribution in [-0.2, 0) is 21.2 Å². The SMILES string of the molecule is C[C@H](NC(=O)Cc1ccccc1F)c1cccc(NS(C)(=O)=O)c1. The van der Waals surface area contributed by atoms with Gasteiger partial charge in [-0.15, -0.1) is 0 Å². The Hall–Kier alpha value is -2.41. The van der Waals surface area contributed by atoms with Gasteiger partial charge in [-0.1, -0.05) is 30.3 Å². The number of halogens is 1. The molecule has 1 atom stereocenters. The van der Waals surface area contributed by atoms with Gasteiger partial charge in [0.1, 0.15) is 5.82 Å². The van der Waals surface area contributed by atoms with E-state index in [1.807, 2.05) is 0 Å². The lowest BCUT2D eigenvalue weighted by atomic mass is 10.1. The minimum Gasteiger partial charge on any atom is -0.349 e. The summed E-state index contributed by atoms with van der Waals surface area (Å²) in [6, 6.07) is 12.5. The Morgan fingerprint density at radius 2 is 1.88 bits per heavy atom. The summed E-state index contributed by atoms with van der Waals surface area (Å²) in [4.78, 5) is 12.1. The summed E-state index contributed by atoms with van der Waals surface area (Å²) in [6.45, 7) is 1.78. The number of sulfonamides is 1. The highest BCUT2D eigenvalue weighted by molar-refractivity contribution is 7.92. The first-order valence-electron chi connectivity index (χ1n) is 7.35. The molecule has 2 aromatic carbocycles. The van der Waals surface area contributed by atoms with Gasteiger partial charge in [0.2, 0.25) is 15.9 Å². The van der Waals surface area contributed by atoms with Gasteiger partial charge in [-0.3, -0.25) is 9.52 Å². The zero-order valence-corrected chi connectivity index (χ0v) is 14.2. The average molecular weight is 350 g/mol. The molecule has 0 radical (unpaired) electrons. The zero-order valence-electron chi connectivity index (χ0n) is 13.4. The maximum absolute atomic E-state index is 13.6. The molecule has 1 amide bonds. The first kappa shape index (κ1) is 17.9. The van der Waals surface area contributed by atoms with Gasteiger partial charge >= 0.3 is 0 Å². The number of nitrogens with one attached hydrogen (secondary N) is 2. The molecule has 0 heterocycles. The second-order valence-electron chi connectivity index (χ2n) is 5.56. The molecule has 0 aliphatic rings. The molecule has 24 heavy (non-hydrogen) atoms. The Morgan fingerprint density at radius 3 is 2.54 bits per heavy atom. The van der Waals surface area contributed by atoms with Gasteiger partial charge in [-0.05, 0) is 36.2 Å². The van der Waals surface area contributed by atoms with Gasteiger partial charge in [0.25, 0.3) is 0 Å². The summed E-state index contributed by atoms with van der Waals surface area (Å²) < 4.78 is 38.5. The van der Waals surface area contributed by atoms with Gasteiger partial charge in [0, 0.05) is 5.69 Å². The van der Waals surface area contributed by atoms with E-state index in [9.17, 15) is 17.6 Å². The first-order valence-corrected chi connectivity index (χ1v) is 9.24. The number of carbonyl (C=O) groups is 1. The highest BCUT2D eigenvalue weighted by Crippen LogP contribution is 2.18. The lowest BCUT2D eigenvalue weighted by molar-refractivity contribution is -0.121. The van der Waals surface area contributed by atoms with E-state index in [1.165, 1.54) is 6.07 Å². The van der Waals surface area contributed by atoms with Crippen molar-refractivity contribution in [1.29, 1.82) is 0 Å². The molecule has 0 saturated heterocycles. The summed E-state index contributed by atoms with van der Waals surface area (Å²) in [5.41, 5.74) is 1.49. The minimum atomic E-state index is -3.37. The lowest BCUT2D eigenvalue weighted by Gasteiger charge is -2.16. The third kappa shape index (κ3) is 5.34. The van der Waals surface area contributed by atoms with Gasteiger partial charge in [0.05, 0.1) is 18.7 Å². The molecule has 2 N–H and O–H groups in total. The summed E-state index contributed by atoms with van der Waals surface area (Å²) in [5, 5.41) is 2.78. The van der Waals surface area contributed by atoms with Crippen LogP contribution in [0.15, 0.2) is 48.5 Å². The van der Waals surface area contributed by atoms with E-state index < -0.39 is 15.8 Å². The number of hydrogen-bond donors (Lipinski definition) is 2. The summed E-state index contributed by atoms with van der Waals surface area (Å²) in [6.07, 6.45) is 1.01. The summed E-state index contributed by atoms with van der Waals surface area (Å²) in [7, 11) is -3.37. The summed E-state index contributed by atoms with van der Waals surface area (Å²) in [5.74, 6) is -0.728. The van der Waals surface area contributed by atoms with Crippen LogP contribution < -0.4 is 10.0 Å². The molecule has 0 spiro atoms. The van der Waals surface area contributed by atoms with Gasteiger partial charge in [0.15, 0.2) is 0 Å². The van der Waals surface area contributed by atoms with Crippen LogP contribution in [0.1, 0.15) is 24.1 Å². The van der Waals surface area contributed by atoms with E-state index in [0.29, 0.717) is 11.3 Å². The van der Waals surface area contributed by atoms with E-state index in [4.69, 9.17) is 0 Å². The predicted octanol–water partition coefficient (Wildman–Crippen LogP) is 2.62. The van der Waals surface area contributed by atoms with Crippen LogP contribution >= 0.6 is 0 Å². The van der Waals surface area contributed by atoms with Crippen LogP contribution in [0.3, 0.4) is 0 Å². The molecule has 128 valence electrons. The van der Waals surface area contributed by atoms with Crippen molar-refractivity contribution in [2.24, 2.45) is 0 Å². The third-order valence-corrected chi connectivity index (χ3v) is 3.98. The molecule has 0 saturated carbocycles. The Balaban J connectivity index is 2.04. The largest absolute Gasteiger partial charge is 0.349 e. The smallest absolute Gasteiger partial charge is 0.229 e. The predicted molar refractivity (Wildman–Crippen MR) is 91.6 cm³/mol. The number of benzene rings is 2. The Bertz CT molecular complexity index is 837. The molecule has 5 nitrogen and oxygen atoms in total. The van der Waals surface area contributed by atoms with Crippen molar-refractivity contribution in [3.05, 3.63) is 65.5 Å². The van der Waals surface area contributed by atoms with Crippen molar-refractivity contribution in [1.82, 2.24) is 5.32 Å². The Morgan fingerprint density at radius 1 is 1.17 bits per heavy atom. The van der Waals surface area contributed by atoms with E-state index in [-0.39, 0.29) is 18.4 Å². The summed E-state index contributed by atoms with van der Waals surface area (Å²) >= 11 is 0. The molecule has 2 rings (SSSR count). The maximum Gasteiger partial charge on any atom is 0.229 e. The highest BCUT2D eigenvalue weighted by atomic mass is 32.2. The number of anilines is 1. The molecular formula is C17H19FN2O3S. The van der Waals surface area contributed by atoms with Gasteiger partial charge in [-0.2, -0.15) is 0 Å². The van der Waals surface area contributed by atoms with Crippen LogP contribution in [0.2, 0.25) is 0 Å². The molecule has 0 fully saturated rings. The van der Waals surface area contributed by atoms with Gasteiger partial charge in [-0.25, -0.2) is 12.8 Å². The van der Waals surface area contributed by atoms with Crippen molar-refractivity contribution in [3.63, 3.8) is 0 Å². The molecular weight excluding hydrogens is 331 g/mol. The van der Waals surface area contributed by atoms with Crippen LogP contribution in [0, 0.1) is 5.82 Å². The fraction of sp³-hybridized carbons (Fsp3) is 0.235. The third-order valence-electron chi connectivity index (χ3n) is 3.38. The molecule has 0 bridgehead atoms. The standard InChI is InChI=1S/C17H19FN2O3S/c1-12(13-7-5-8-15(10-13)20-24(2,22)23)19-17(21)11-14-6-3-4-9-16(14)18/h3-10,12,20H,11H2,1-2H3,(H,19,21)/t12-/m0/s1. The minimum absolute atomic E-state index is 0.0572. The van der Waals surface area contributed by atoms with Crippen molar-refractivity contribution in [3.8, 4) is 0 Å². The normalized spacial score (nSPS) is 12.5.